The number of alkyl halides is 1. The van der Waals surface area contributed by atoms with Gasteiger partial charge in [-0.25, -0.2) is 4.98 Å². The van der Waals surface area contributed by atoms with Gasteiger partial charge in [0.2, 0.25) is 5.88 Å². The largest absolute Gasteiger partial charge is 0.481 e. The molecule has 1 heterocycles. The Morgan fingerprint density at radius 2 is 2.31 bits per heavy atom. The minimum absolute atomic E-state index is 0.0405. The van der Waals surface area contributed by atoms with Crippen molar-refractivity contribution in [3.63, 3.8) is 0 Å². The maximum Gasteiger partial charge on any atom is 0.291 e. The number of rotatable bonds is 5. The summed E-state index contributed by atoms with van der Waals surface area (Å²) in [6.07, 6.45) is 1.40. The monoisotopic (exact) mass is 288 g/mol. The standard InChI is InChI=1S/C10H13BrN2O3/c1-3-7(11)6-8-9(13(14)15)4-5-10(12-8)16-2/h4-5,7H,3,6H2,1-2H3. The van der Waals surface area contributed by atoms with Crippen LogP contribution in [0.25, 0.3) is 0 Å². The van der Waals surface area contributed by atoms with Gasteiger partial charge in [0.05, 0.1) is 12.0 Å². The molecule has 0 aliphatic carbocycles. The van der Waals surface area contributed by atoms with Crippen LogP contribution in [0.4, 0.5) is 5.69 Å². The van der Waals surface area contributed by atoms with Crippen molar-refractivity contribution < 1.29 is 9.66 Å². The lowest BCUT2D eigenvalue weighted by Gasteiger charge is -2.07. The Hall–Kier alpha value is -1.17. The Bertz CT molecular complexity index is 384. The van der Waals surface area contributed by atoms with Crippen LogP contribution in [0.3, 0.4) is 0 Å². The molecule has 0 saturated carbocycles. The molecule has 1 unspecified atom stereocenters. The van der Waals surface area contributed by atoms with Crippen LogP contribution in [-0.4, -0.2) is 21.8 Å². The van der Waals surface area contributed by atoms with Crippen LogP contribution in [0.2, 0.25) is 0 Å². The second kappa shape index (κ2) is 5.79. The number of hydrogen-bond donors (Lipinski definition) is 0. The summed E-state index contributed by atoms with van der Waals surface area (Å²) in [4.78, 5) is 14.7. The third kappa shape index (κ3) is 3.16. The second-order valence-electron chi connectivity index (χ2n) is 3.29. The molecule has 0 aromatic carbocycles. The van der Waals surface area contributed by atoms with E-state index in [1.807, 2.05) is 6.92 Å². The minimum atomic E-state index is -0.419. The first-order valence-electron chi connectivity index (χ1n) is 4.90. The number of ether oxygens (including phenoxy) is 1. The zero-order chi connectivity index (χ0) is 12.1. The lowest BCUT2D eigenvalue weighted by molar-refractivity contribution is -0.385. The van der Waals surface area contributed by atoms with E-state index in [4.69, 9.17) is 4.74 Å². The van der Waals surface area contributed by atoms with Gasteiger partial charge in [0, 0.05) is 23.4 Å². The van der Waals surface area contributed by atoms with Crippen LogP contribution in [0.15, 0.2) is 12.1 Å². The molecule has 0 saturated heterocycles. The van der Waals surface area contributed by atoms with E-state index < -0.39 is 4.92 Å². The Kier molecular flexibility index (Phi) is 4.67. The normalized spacial score (nSPS) is 12.2. The third-order valence-corrected chi connectivity index (χ3v) is 3.16. The first-order valence-corrected chi connectivity index (χ1v) is 5.82. The van der Waals surface area contributed by atoms with Crippen molar-refractivity contribution in [2.24, 2.45) is 0 Å². The maximum atomic E-state index is 10.8. The fourth-order valence-corrected chi connectivity index (χ4v) is 1.56. The molecule has 0 spiro atoms. The molecule has 0 bridgehead atoms. The van der Waals surface area contributed by atoms with E-state index >= 15 is 0 Å². The number of hydrogen-bond acceptors (Lipinski definition) is 4. The number of pyridine rings is 1. The molecule has 0 N–H and O–H groups in total. The highest BCUT2D eigenvalue weighted by atomic mass is 79.9. The molecule has 0 amide bonds. The van der Waals surface area contributed by atoms with E-state index in [9.17, 15) is 10.1 Å². The Labute approximate surface area is 102 Å². The Balaban J connectivity index is 3.05. The van der Waals surface area contributed by atoms with E-state index in [2.05, 4.69) is 20.9 Å². The summed E-state index contributed by atoms with van der Waals surface area (Å²) in [7, 11) is 1.49. The van der Waals surface area contributed by atoms with E-state index in [-0.39, 0.29) is 10.5 Å². The van der Waals surface area contributed by atoms with E-state index in [1.54, 1.807) is 0 Å². The predicted octanol–water partition coefficient (Wildman–Crippen LogP) is 2.71. The van der Waals surface area contributed by atoms with Crippen LogP contribution in [0.1, 0.15) is 19.0 Å². The minimum Gasteiger partial charge on any atom is -0.481 e. The maximum absolute atomic E-state index is 10.8. The van der Waals surface area contributed by atoms with Crippen molar-refractivity contribution in [2.45, 2.75) is 24.6 Å². The molecule has 88 valence electrons. The zero-order valence-electron chi connectivity index (χ0n) is 9.14. The average molecular weight is 289 g/mol. The summed E-state index contributed by atoms with van der Waals surface area (Å²) >= 11 is 3.44. The number of halogens is 1. The van der Waals surface area contributed by atoms with Crippen molar-refractivity contribution in [1.82, 2.24) is 4.98 Å². The highest BCUT2D eigenvalue weighted by molar-refractivity contribution is 9.09. The molecular weight excluding hydrogens is 276 g/mol. The second-order valence-corrected chi connectivity index (χ2v) is 4.58. The van der Waals surface area contributed by atoms with Gasteiger partial charge in [0.1, 0.15) is 5.69 Å². The van der Waals surface area contributed by atoms with Gasteiger partial charge in [-0.3, -0.25) is 10.1 Å². The Morgan fingerprint density at radius 3 is 2.81 bits per heavy atom. The van der Waals surface area contributed by atoms with Gasteiger partial charge in [0.25, 0.3) is 5.69 Å². The summed E-state index contributed by atoms with van der Waals surface area (Å²) in [5.74, 6) is 0.399. The lowest BCUT2D eigenvalue weighted by Crippen LogP contribution is -2.07. The van der Waals surface area contributed by atoms with Crippen LogP contribution >= 0.6 is 15.9 Å². The molecule has 0 aliphatic rings. The molecular formula is C10H13BrN2O3. The predicted molar refractivity (Wildman–Crippen MR) is 64.2 cm³/mol. The van der Waals surface area contributed by atoms with Crippen LogP contribution < -0.4 is 4.74 Å². The molecule has 1 aromatic rings. The number of aromatic nitrogens is 1. The molecule has 5 nitrogen and oxygen atoms in total. The fourth-order valence-electron chi connectivity index (χ4n) is 1.26. The zero-order valence-corrected chi connectivity index (χ0v) is 10.7. The quantitative estimate of drug-likeness (QED) is 0.475. The van der Waals surface area contributed by atoms with Crippen LogP contribution in [0, 0.1) is 10.1 Å². The van der Waals surface area contributed by atoms with Crippen molar-refractivity contribution in [1.29, 1.82) is 0 Å². The van der Waals surface area contributed by atoms with E-state index in [0.717, 1.165) is 6.42 Å². The SMILES string of the molecule is CCC(Br)Cc1nc(OC)ccc1[N+](=O)[O-]. The van der Waals surface area contributed by atoms with Gasteiger partial charge in [0.15, 0.2) is 0 Å². The van der Waals surface area contributed by atoms with E-state index in [1.165, 1.54) is 19.2 Å². The Morgan fingerprint density at radius 1 is 1.62 bits per heavy atom. The van der Waals surface area contributed by atoms with Gasteiger partial charge in [-0.2, -0.15) is 0 Å². The lowest BCUT2D eigenvalue weighted by atomic mass is 10.1. The van der Waals surface area contributed by atoms with E-state index in [0.29, 0.717) is 18.0 Å². The smallest absolute Gasteiger partial charge is 0.291 e. The molecule has 1 aromatic heterocycles. The van der Waals surface area contributed by atoms with Gasteiger partial charge in [-0.05, 0) is 6.42 Å². The topological polar surface area (TPSA) is 65.3 Å². The van der Waals surface area contributed by atoms with Crippen molar-refractivity contribution in [2.75, 3.05) is 7.11 Å². The summed E-state index contributed by atoms with van der Waals surface area (Å²) in [5.41, 5.74) is 0.492. The molecule has 6 heteroatoms. The molecule has 0 fully saturated rings. The van der Waals surface area contributed by atoms with Gasteiger partial charge >= 0.3 is 0 Å². The fraction of sp³-hybridized carbons (Fsp3) is 0.500. The molecule has 1 rings (SSSR count). The third-order valence-electron chi connectivity index (χ3n) is 2.19. The van der Waals surface area contributed by atoms with Crippen LogP contribution in [0.5, 0.6) is 5.88 Å². The highest BCUT2D eigenvalue weighted by Gasteiger charge is 2.18. The molecule has 1 atom stereocenters. The number of methoxy groups -OCH3 is 1. The van der Waals surface area contributed by atoms with Crippen molar-refractivity contribution in [3.05, 3.63) is 27.9 Å². The molecule has 16 heavy (non-hydrogen) atoms. The highest BCUT2D eigenvalue weighted by Crippen LogP contribution is 2.23. The van der Waals surface area contributed by atoms with Gasteiger partial charge < -0.3 is 4.74 Å². The van der Waals surface area contributed by atoms with Gasteiger partial charge in [-0.15, -0.1) is 0 Å². The summed E-state index contributed by atoms with van der Waals surface area (Å²) in [5, 5.41) is 10.8. The molecule has 0 aliphatic heterocycles. The summed E-state index contributed by atoms with van der Waals surface area (Å²) in [6, 6.07) is 2.92. The summed E-state index contributed by atoms with van der Waals surface area (Å²) < 4.78 is 4.96. The average Bonchev–Trinajstić information content (AvgIpc) is 2.28. The number of nitro groups is 1. The number of nitrogens with zero attached hydrogens (tertiary/aromatic N) is 2. The van der Waals surface area contributed by atoms with Crippen LogP contribution in [-0.2, 0) is 6.42 Å². The molecule has 0 radical (unpaired) electrons. The first kappa shape index (κ1) is 12.9. The van der Waals surface area contributed by atoms with Gasteiger partial charge in [-0.1, -0.05) is 22.9 Å². The van der Waals surface area contributed by atoms with Crippen molar-refractivity contribution >= 4 is 21.6 Å². The summed E-state index contributed by atoms with van der Waals surface area (Å²) in [6.45, 7) is 2.01. The van der Waals surface area contributed by atoms with Crippen molar-refractivity contribution in [3.8, 4) is 5.88 Å². The first-order chi connectivity index (χ1) is 7.58.